The molecule has 1 aliphatic heterocycles. The van der Waals surface area contributed by atoms with E-state index < -0.39 is 5.97 Å². The minimum atomic E-state index is -0.955. The van der Waals surface area contributed by atoms with E-state index in [2.05, 4.69) is 5.32 Å². The van der Waals surface area contributed by atoms with Gasteiger partial charge < -0.3 is 16.2 Å². The van der Waals surface area contributed by atoms with Gasteiger partial charge in [-0.05, 0) is 30.2 Å². The summed E-state index contributed by atoms with van der Waals surface area (Å²) in [6.45, 7) is 1.39. The van der Waals surface area contributed by atoms with E-state index >= 15 is 0 Å². The van der Waals surface area contributed by atoms with Crippen LogP contribution >= 0.6 is 0 Å². The van der Waals surface area contributed by atoms with Crippen LogP contribution in [0.4, 0.5) is 10.5 Å². The number of amides is 2. The van der Waals surface area contributed by atoms with E-state index in [0.29, 0.717) is 26.1 Å². The summed E-state index contributed by atoms with van der Waals surface area (Å²) in [6, 6.07) is 4.61. The molecule has 2 amide bonds. The SMILES string of the molecule is NCCNC(=O)N1CCc2cc(C(=O)O)ccc21. The lowest BCUT2D eigenvalue weighted by atomic mass is 10.1. The fourth-order valence-corrected chi connectivity index (χ4v) is 2.02. The van der Waals surface area contributed by atoms with Crippen molar-refractivity contribution in [1.29, 1.82) is 0 Å². The number of hydrogen-bond acceptors (Lipinski definition) is 3. The number of nitrogens with two attached hydrogens (primary N) is 1. The Morgan fingerprint density at radius 1 is 1.44 bits per heavy atom. The molecule has 0 aliphatic carbocycles. The van der Waals surface area contributed by atoms with Gasteiger partial charge in [0.25, 0.3) is 0 Å². The predicted octanol–water partition coefficient (Wildman–Crippen LogP) is 0.416. The second-order valence-corrected chi connectivity index (χ2v) is 4.07. The molecule has 0 fully saturated rings. The molecule has 0 atom stereocenters. The van der Waals surface area contributed by atoms with Crippen LogP contribution in [0.15, 0.2) is 18.2 Å². The number of carboxylic acids is 1. The summed E-state index contributed by atoms with van der Waals surface area (Å²) in [6.07, 6.45) is 0.673. The van der Waals surface area contributed by atoms with Crippen molar-refractivity contribution in [1.82, 2.24) is 5.32 Å². The molecule has 1 aliphatic rings. The first kappa shape index (κ1) is 12.4. The van der Waals surface area contributed by atoms with Crippen LogP contribution in [-0.4, -0.2) is 36.7 Å². The number of carbonyl (C=O) groups is 2. The molecule has 96 valence electrons. The molecule has 1 heterocycles. The van der Waals surface area contributed by atoms with Crippen LogP contribution < -0.4 is 16.0 Å². The van der Waals surface area contributed by atoms with Crippen molar-refractivity contribution in [2.24, 2.45) is 5.73 Å². The maximum Gasteiger partial charge on any atom is 0.335 e. The smallest absolute Gasteiger partial charge is 0.335 e. The molecule has 0 bridgehead atoms. The zero-order valence-electron chi connectivity index (χ0n) is 9.85. The van der Waals surface area contributed by atoms with Gasteiger partial charge in [-0.25, -0.2) is 9.59 Å². The van der Waals surface area contributed by atoms with Crippen molar-refractivity contribution in [3.05, 3.63) is 29.3 Å². The van der Waals surface area contributed by atoms with E-state index in [4.69, 9.17) is 10.8 Å². The lowest BCUT2D eigenvalue weighted by molar-refractivity contribution is 0.0697. The van der Waals surface area contributed by atoms with Gasteiger partial charge in [0.05, 0.1) is 5.56 Å². The lowest BCUT2D eigenvalue weighted by Gasteiger charge is -2.17. The largest absolute Gasteiger partial charge is 0.478 e. The molecule has 1 aromatic rings. The van der Waals surface area contributed by atoms with Crippen LogP contribution in [0.25, 0.3) is 0 Å². The number of carboxylic acid groups (broad SMARTS) is 1. The zero-order valence-corrected chi connectivity index (χ0v) is 9.85. The van der Waals surface area contributed by atoms with Crippen molar-refractivity contribution < 1.29 is 14.7 Å². The highest BCUT2D eigenvalue weighted by atomic mass is 16.4. The molecule has 0 saturated carbocycles. The van der Waals surface area contributed by atoms with Gasteiger partial charge in [0.1, 0.15) is 0 Å². The average Bonchev–Trinajstić information content (AvgIpc) is 2.78. The van der Waals surface area contributed by atoms with Gasteiger partial charge in [-0.2, -0.15) is 0 Å². The maximum atomic E-state index is 11.8. The molecule has 6 heteroatoms. The van der Waals surface area contributed by atoms with Crippen LogP contribution in [0.5, 0.6) is 0 Å². The topological polar surface area (TPSA) is 95.7 Å². The average molecular weight is 249 g/mol. The van der Waals surface area contributed by atoms with Crippen LogP contribution in [0.2, 0.25) is 0 Å². The molecule has 0 spiro atoms. The number of hydrogen-bond donors (Lipinski definition) is 3. The Bertz CT molecular complexity index is 487. The Morgan fingerprint density at radius 2 is 2.22 bits per heavy atom. The quantitative estimate of drug-likeness (QED) is 0.723. The number of benzene rings is 1. The highest BCUT2D eigenvalue weighted by Gasteiger charge is 2.25. The summed E-state index contributed by atoms with van der Waals surface area (Å²) in [5, 5.41) is 11.6. The minimum Gasteiger partial charge on any atom is -0.478 e. The van der Waals surface area contributed by atoms with Gasteiger partial charge in [-0.3, -0.25) is 4.90 Å². The van der Waals surface area contributed by atoms with Gasteiger partial charge in [0.15, 0.2) is 0 Å². The minimum absolute atomic E-state index is 0.192. The molecule has 2 rings (SSSR count). The molecule has 0 radical (unpaired) electrons. The third-order valence-corrected chi connectivity index (χ3v) is 2.89. The number of anilines is 1. The summed E-state index contributed by atoms with van der Waals surface area (Å²) in [5.74, 6) is -0.955. The third kappa shape index (κ3) is 2.28. The number of urea groups is 1. The molecular formula is C12H15N3O3. The van der Waals surface area contributed by atoms with Crippen LogP contribution in [0.1, 0.15) is 15.9 Å². The fourth-order valence-electron chi connectivity index (χ4n) is 2.02. The maximum absolute atomic E-state index is 11.8. The van der Waals surface area contributed by atoms with Gasteiger partial charge in [-0.1, -0.05) is 0 Å². The molecule has 4 N–H and O–H groups in total. The zero-order chi connectivity index (χ0) is 13.1. The van der Waals surface area contributed by atoms with E-state index in [1.54, 1.807) is 17.0 Å². The number of rotatable bonds is 3. The number of nitrogens with one attached hydrogen (secondary N) is 1. The van der Waals surface area contributed by atoms with E-state index in [1.165, 1.54) is 6.07 Å². The molecule has 0 unspecified atom stereocenters. The summed E-state index contributed by atoms with van der Waals surface area (Å²) in [7, 11) is 0. The monoisotopic (exact) mass is 249 g/mol. The van der Waals surface area contributed by atoms with Crippen molar-refractivity contribution in [2.45, 2.75) is 6.42 Å². The second kappa shape index (κ2) is 5.05. The van der Waals surface area contributed by atoms with E-state index in [-0.39, 0.29) is 11.6 Å². The summed E-state index contributed by atoms with van der Waals surface area (Å²) in [4.78, 5) is 24.3. The van der Waals surface area contributed by atoms with Crippen LogP contribution in [0, 0.1) is 0 Å². The molecule has 6 nitrogen and oxygen atoms in total. The normalized spacial score (nSPS) is 13.3. The third-order valence-electron chi connectivity index (χ3n) is 2.89. The van der Waals surface area contributed by atoms with Crippen LogP contribution in [0.3, 0.4) is 0 Å². The predicted molar refractivity (Wildman–Crippen MR) is 66.9 cm³/mol. The summed E-state index contributed by atoms with van der Waals surface area (Å²) >= 11 is 0. The molecule has 0 aromatic heterocycles. The Balaban J connectivity index is 2.18. The molecule has 18 heavy (non-hydrogen) atoms. The van der Waals surface area contributed by atoms with Gasteiger partial charge in [0, 0.05) is 25.3 Å². The highest BCUT2D eigenvalue weighted by Crippen LogP contribution is 2.28. The van der Waals surface area contributed by atoms with E-state index in [9.17, 15) is 9.59 Å². The second-order valence-electron chi connectivity index (χ2n) is 4.07. The molecule has 0 saturated heterocycles. The lowest BCUT2D eigenvalue weighted by Crippen LogP contribution is -2.41. The van der Waals surface area contributed by atoms with Gasteiger partial charge in [0.2, 0.25) is 0 Å². The van der Waals surface area contributed by atoms with E-state index in [1.807, 2.05) is 0 Å². The van der Waals surface area contributed by atoms with Crippen LogP contribution in [-0.2, 0) is 6.42 Å². The van der Waals surface area contributed by atoms with Crippen molar-refractivity contribution >= 4 is 17.7 Å². The van der Waals surface area contributed by atoms with Gasteiger partial charge in [-0.15, -0.1) is 0 Å². The Hall–Kier alpha value is -2.08. The number of aromatic carboxylic acids is 1. The van der Waals surface area contributed by atoms with E-state index in [0.717, 1.165) is 11.3 Å². The Morgan fingerprint density at radius 3 is 2.89 bits per heavy atom. The molecule has 1 aromatic carbocycles. The number of fused-ring (bicyclic) bond motifs is 1. The summed E-state index contributed by atoms with van der Waals surface area (Å²) in [5.41, 5.74) is 7.23. The van der Waals surface area contributed by atoms with Gasteiger partial charge >= 0.3 is 12.0 Å². The first-order chi connectivity index (χ1) is 8.63. The van der Waals surface area contributed by atoms with Crippen molar-refractivity contribution in [2.75, 3.05) is 24.5 Å². The van der Waals surface area contributed by atoms with Crippen molar-refractivity contribution in [3.8, 4) is 0 Å². The Labute approximate surface area is 104 Å². The highest BCUT2D eigenvalue weighted by molar-refractivity contribution is 5.96. The fraction of sp³-hybridized carbons (Fsp3) is 0.333. The first-order valence-corrected chi connectivity index (χ1v) is 5.75. The molecular weight excluding hydrogens is 234 g/mol. The van der Waals surface area contributed by atoms with Crippen molar-refractivity contribution in [3.63, 3.8) is 0 Å². The number of carbonyl (C=O) groups excluding carboxylic acids is 1. The Kier molecular flexibility index (Phi) is 3.47. The summed E-state index contributed by atoms with van der Waals surface area (Å²) < 4.78 is 0. The number of nitrogens with zero attached hydrogens (tertiary/aromatic N) is 1. The standard InChI is InChI=1S/C12H15N3O3/c13-4-5-14-12(18)15-6-3-8-7-9(11(16)17)1-2-10(8)15/h1-2,7H,3-6,13H2,(H,14,18)(H,16,17). The first-order valence-electron chi connectivity index (χ1n) is 5.75.